The molecular formula is C16H22O6. The molecule has 0 aromatic heterocycles. The molecular weight excluding hydrogens is 288 g/mol. The predicted octanol–water partition coefficient (Wildman–Crippen LogP) is 1.73. The van der Waals surface area contributed by atoms with E-state index in [-0.39, 0.29) is 42.3 Å². The number of cyclic esters (lactones) is 2. The van der Waals surface area contributed by atoms with Gasteiger partial charge in [0.1, 0.15) is 24.3 Å². The number of rotatable bonds is 9. The number of ether oxygens (including phenoxy) is 2. The van der Waals surface area contributed by atoms with Gasteiger partial charge in [-0.25, -0.2) is 0 Å². The second kappa shape index (κ2) is 8.06. The maximum Gasteiger partial charge on any atom is 0.306 e. The topological polar surface area (TPSA) is 86.7 Å². The minimum Gasteiger partial charge on any atom is -0.462 e. The van der Waals surface area contributed by atoms with E-state index in [1.54, 1.807) is 0 Å². The van der Waals surface area contributed by atoms with E-state index < -0.39 is 0 Å². The Balaban J connectivity index is 1.89. The third-order valence-corrected chi connectivity index (χ3v) is 4.28. The molecule has 2 fully saturated rings. The van der Waals surface area contributed by atoms with Crippen molar-refractivity contribution in [1.29, 1.82) is 0 Å². The summed E-state index contributed by atoms with van der Waals surface area (Å²) < 4.78 is 10.6. The Morgan fingerprint density at radius 3 is 2.14 bits per heavy atom. The number of carbonyl (C=O) groups is 4. The highest BCUT2D eigenvalue weighted by molar-refractivity contribution is 5.79. The third-order valence-electron chi connectivity index (χ3n) is 4.28. The van der Waals surface area contributed by atoms with Crippen molar-refractivity contribution >= 4 is 24.0 Å². The lowest BCUT2D eigenvalue weighted by atomic mass is 9.86. The summed E-state index contributed by atoms with van der Waals surface area (Å²) >= 11 is 0. The lowest BCUT2D eigenvalue weighted by molar-refractivity contribution is -0.151. The summed E-state index contributed by atoms with van der Waals surface area (Å²) in [4.78, 5) is 45.0. The van der Waals surface area contributed by atoms with Crippen molar-refractivity contribution in [2.45, 2.75) is 70.0 Å². The smallest absolute Gasteiger partial charge is 0.306 e. The van der Waals surface area contributed by atoms with Gasteiger partial charge in [-0.3, -0.25) is 14.4 Å². The molecule has 0 bridgehead atoms. The van der Waals surface area contributed by atoms with Crippen LogP contribution in [0, 0.1) is 5.92 Å². The summed E-state index contributed by atoms with van der Waals surface area (Å²) in [5.74, 6) is -0.672. The average molecular weight is 310 g/mol. The number of ketones is 1. The second-order valence-electron chi connectivity index (χ2n) is 5.95. The molecule has 0 aromatic rings. The van der Waals surface area contributed by atoms with Crippen molar-refractivity contribution in [3.8, 4) is 0 Å². The molecule has 0 saturated carbocycles. The number of carbonyl (C=O) groups excluding carboxylic acids is 4. The Morgan fingerprint density at radius 2 is 1.68 bits per heavy atom. The zero-order valence-electron chi connectivity index (χ0n) is 12.6. The fraction of sp³-hybridized carbons (Fsp3) is 0.750. The monoisotopic (exact) mass is 310 g/mol. The molecule has 0 aromatic carbocycles. The van der Waals surface area contributed by atoms with E-state index >= 15 is 0 Å². The molecule has 6 nitrogen and oxygen atoms in total. The van der Waals surface area contributed by atoms with E-state index in [1.165, 1.54) is 0 Å². The highest BCUT2D eigenvalue weighted by Crippen LogP contribution is 2.33. The van der Waals surface area contributed by atoms with Crippen LogP contribution in [-0.2, 0) is 28.7 Å². The van der Waals surface area contributed by atoms with Crippen LogP contribution in [0.2, 0.25) is 0 Å². The maximum absolute atomic E-state index is 12.1. The Labute approximate surface area is 129 Å². The molecule has 6 heteroatoms. The molecule has 2 heterocycles. The van der Waals surface area contributed by atoms with Gasteiger partial charge in [0, 0.05) is 38.0 Å². The molecule has 2 saturated heterocycles. The van der Waals surface area contributed by atoms with Crippen molar-refractivity contribution in [2.75, 3.05) is 0 Å². The summed E-state index contributed by atoms with van der Waals surface area (Å²) in [6, 6.07) is 0. The van der Waals surface area contributed by atoms with Crippen LogP contribution in [0.15, 0.2) is 0 Å². The van der Waals surface area contributed by atoms with E-state index in [4.69, 9.17) is 9.47 Å². The number of unbranched alkanes of at least 4 members (excludes halogenated alkanes) is 2. The van der Waals surface area contributed by atoms with Crippen LogP contribution in [0.3, 0.4) is 0 Å². The van der Waals surface area contributed by atoms with Crippen molar-refractivity contribution in [2.24, 2.45) is 5.92 Å². The first-order chi connectivity index (χ1) is 10.6. The average Bonchev–Trinajstić information content (AvgIpc) is 3.10. The molecule has 122 valence electrons. The van der Waals surface area contributed by atoms with E-state index in [0.29, 0.717) is 51.4 Å². The molecule has 2 aliphatic rings. The van der Waals surface area contributed by atoms with Gasteiger partial charge in [-0.1, -0.05) is 0 Å². The minimum absolute atomic E-state index is 0.0711. The van der Waals surface area contributed by atoms with Gasteiger partial charge >= 0.3 is 11.9 Å². The largest absolute Gasteiger partial charge is 0.462 e. The van der Waals surface area contributed by atoms with Gasteiger partial charge in [-0.05, 0) is 25.7 Å². The van der Waals surface area contributed by atoms with Gasteiger partial charge in [0.05, 0.1) is 0 Å². The lowest BCUT2D eigenvalue weighted by Gasteiger charge is -2.26. The second-order valence-corrected chi connectivity index (χ2v) is 5.95. The maximum atomic E-state index is 12.1. The summed E-state index contributed by atoms with van der Waals surface area (Å²) in [6.07, 6.45) is 4.58. The lowest BCUT2D eigenvalue weighted by Crippen LogP contribution is -2.33. The number of aldehydes is 1. The number of hydrogen-bond donors (Lipinski definition) is 0. The molecule has 0 N–H and O–H groups in total. The Kier molecular flexibility index (Phi) is 6.10. The van der Waals surface area contributed by atoms with Crippen molar-refractivity contribution in [3.63, 3.8) is 0 Å². The molecule has 2 aliphatic heterocycles. The number of hydrogen-bond acceptors (Lipinski definition) is 6. The van der Waals surface area contributed by atoms with Crippen LogP contribution in [0.25, 0.3) is 0 Å². The summed E-state index contributed by atoms with van der Waals surface area (Å²) in [5, 5.41) is 0. The summed E-state index contributed by atoms with van der Waals surface area (Å²) in [6.45, 7) is 0. The van der Waals surface area contributed by atoms with Crippen LogP contribution in [0.1, 0.15) is 57.8 Å². The van der Waals surface area contributed by atoms with Gasteiger partial charge in [0.25, 0.3) is 0 Å². The van der Waals surface area contributed by atoms with Crippen LogP contribution in [0.4, 0.5) is 0 Å². The Hall–Kier alpha value is -1.72. The Bertz CT molecular complexity index is 418. The fourth-order valence-corrected chi connectivity index (χ4v) is 3.11. The van der Waals surface area contributed by atoms with E-state index in [0.717, 1.165) is 6.29 Å². The first-order valence-corrected chi connectivity index (χ1v) is 7.94. The van der Waals surface area contributed by atoms with Gasteiger partial charge in [-0.2, -0.15) is 0 Å². The van der Waals surface area contributed by atoms with Crippen LogP contribution in [-0.4, -0.2) is 36.2 Å². The van der Waals surface area contributed by atoms with E-state index in [1.807, 2.05) is 0 Å². The number of esters is 2. The fourth-order valence-electron chi connectivity index (χ4n) is 3.11. The Morgan fingerprint density at radius 1 is 1.09 bits per heavy atom. The summed E-state index contributed by atoms with van der Waals surface area (Å²) in [7, 11) is 0. The van der Waals surface area contributed by atoms with Gasteiger partial charge < -0.3 is 14.3 Å². The molecule has 22 heavy (non-hydrogen) atoms. The van der Waals surface area contributed by atoms with Gasteiger partial charge in [0.2, 0.25) is 0 Å². The molecule has 0 radical (unpaired) electrons. The van der Waals surface area contributed by atoms with Crippen molar-refractivity contribution < 1.29 is 28.7 Å². The molecule has 0 amide bonds. The first kappa shape index (κ1) is 16.6. The molecule has 2 atom stereocenters. The van der Waals surface area contributed by atoms with Crippen LogP contribution < -0.4 is 0 Å². The highest BCUT2D eigenvalue weighted by Gasteiger charge is 2.41. The SMILES string of the molecule is O=CCCCCC(=O)CC(C1CCC(=O)O1)C1CCC(=O)O1. The van der Waals surface area contributed by atoms with Crippen molar-refractivity contribution in [3.05, 3.63) is 0 Å². The van der Waals surface area contributed by atoms with Crippen molar-refractivity contribution in [1.82, 2.24) is 0 Å². The molecule has 2 unspecified atom stereocenters. The molecule has 0 spiro atoms. The number of Topliss-reactive ketones (excluding diaryl/α,β-unsaturated/α-hetero) is 1. The molecule has 0 aliphatic carbocycles. The van der Waals surface area contributed by atoms with Crippen LogP contribution in [0.5, 0.6) is 0 Å². The van der Waals surface area contributed by atoms with Crippen LogP contribution >= 0.6 is 0 Å². The van der Waals surface area contributed by atoms with E-state index in [2.05, 4.69) is 0 Å². The molecule has 2 rings (SSSR count). The first-order valence-electron chi connectivity index (χ1n) is 7.94. The predicted molar refractivity (Wildman–Crippen MR) is 75.9 cm³/mol. The van der Waals surface area contributed by atoms with Gasteiger partial charge in [-0.15, -0.1) is 0 Å². The van der Waals surface area contributed by atoms with Gasteiger partial charge in [0.15, 0.2) is 0 Å². The third kappa shape index (κ3) is 4.64. The zero-order chi connectivity index (χ0) is 15.9. The quantitative estimate of drug-likeness (QED) is 0.366. The minimum atomic E-state index is -0.331. The normalized spacial score (nSPS) is 25.6. The highest BCUT2D eigenvalue weighted by atomic mass is 16.6. The van der Waals surface area contributed by atoms with E-state index in [9.17, 15) is 19.2 Å². The zero-order valence-corrected chi connectivity index (χ0v) is 12.6. The summed E-state index contributed by atoms with van der Waals surface area (Å²) in [5.41, 5.74) is 0. The standard InChI is InChI=1S/C16H22O6/c17-9-3-1-2-4-11(18)10-12(13-5-7-15(19)21-13)14-6-8-16(20)22-14/h9,12-14H,1-8,10H2.